The van der Waals surface area contributed by atoms with Gasteiger partial charge in [-0.15, -0.1) is 0 Å². The van der Waals surface area contributed by atoms with Crippen LogP contribution in [0.2, 0.25) is 0 Å². The van der Waals surface area contributed by atoms with Crippen molar-refractivity contribution in [2.45, 2.75) is 25.9 Å². The van der Waals surface area contributed by atoms with Crippen LogP contribution in [0.5, 0.6) is 0 Å². The van der Waals surface area contributed by atoms with Gasteiger partial charge in [-0.25, -0.2) is 4.98 Å². The zero-order valence-corrected chi connectivity index (χ0v) is 12.8. The number of pyridine rings is 1. The van der Waals surface area contributed by atoms with Crippen molar-refractivity contribution >= 4 is 17.2 Å². The lowest BCUT2D eigenvalue weighted by atomic mass is 10.1. The Bertz CT molecular complexity index is 787. The van der Waals surface area contributed by atoms with Gasteiger partial charge in [0, 0.05) is 25.9 Å². The molecule has 0 bridgehead atoms. The molecule has 2 aromatic rings. The van der Waals surface area contributed by atoms with Crippen molar-refractivity contribution in [3.05, 3.63) is 44.9 Å². The van der Waals surface area contributed by atoms with E-state index < -0.39 is 16.2 Å². The molecule has 0 aromatic carbocycles. The third kappa shape index (κ3) is 2.89. The van der Waals surface area contributed by atoms with Crippen LogP contribution in [0.1, 0.15) is 19.8 Å². The maximum absolute atomic E-state index is 12.5. The molecular formula is C15H18N4O4. The molecule has 1 fully saturated rings. The minimum Gasteiger partial charge on any atom is -0.377 e. The molecule has 0 aliphatic carbocycles. The molecule has 0 spiro atoms. The minimum atomic E-state index is -0.658. The molecule has 0 radical (unpaired) electrons. The Hall–Kier alpha value is -2.48. The minimum absolute atomic E-state index is 0.00406. The Morgan fingerprint density at radius 2 is 2.30 bits per heavy atom. The van der Waals surface area contributed by atoms with Crippen LogP contribution in [-0.4, -0.2) is 40.1 Å². The second kappa shape index (κ2) is 6.33. The van der Waals surface area contributed by atoms with Gasteiger partial charge in [0.2, 0.25) is 5.82 Å². The first kappa shape index (κ1) is 15.4. The average molecular weight is 318 g/mol. The lowest BCUT2D eigenvalue weighted by Crippen LogP contribution is -2.41. The van der Waals surface area contributed by atoms with Crippen molar-refractivity contribution in [2.24, 2.45) is 0 Å². The Balaban J connectivity index is 2.10. The quantitative estimate of drug-likeness (QED) is 0.628. The number of fused-ring (bicyclic) bond motifs is 1. The zero-order valence-electron chi connectivity index (χ0n) is 12.8. The van der Waals surface area contributed by atoms with E-state index >= 15 is 0 Å². The maximum Gasteiger partial charge on any atom is 0.376 e. The molecule has 0 saturated carbocycles. The number of hydrogen-bond donors (Lipinski definition) is 0. The monoisotopic (exact) mass is 318 g/mol. The highest BCUT2D eigenvalue weighted by atomic mass is 16.6. The van der Waals surface area contributed by atoms with Gasteiger partial charge in [-0.3, -0.25) is 19.3 Å². The lowest BCUT2D eigenvalue weighted by Gasteiger charge is -2.32. The summed E-state index contributed by atoms with van der Waals surface area (Å²) in [5.41, 5.74) is -0.739. The van der Waals surface area contributed by atoms with Gasteiger partial charge in [0.05, 0.1) is 11.0 Å². The molecule has 122 valence electrons. The van der Waals surface area contributed by atoms with Gasteiger partial charge < -0.3 is 9.64 Å². The molecule has 0 N–H and O–H groups in total. The normalized spacial score (nSPS) is 18.3. The van der Waals surface area contributed by atoms with Gasteiger partial charge in [0.25, 0.3) is 0 Å². The zero-order chi connectivity index (χ0) is 16.4. The largest absolute Gasteiger partial charge is 0.377 e. The number of nitrogens with zero attached hydrogens (tertiary/aromatic N) is 4. The van der Waals surface area contributed by atoms with Crippen LogP contribution < -0.4 is 10.5 Å². The van der Waals surface area contributed by atoms with Gasteiger partial charge >= 0.3 is 11.2 Å². The number of anilines is 1. The van der Waals surface area contributed by atoms with E-state index in [1.165, 1.54) is 10.6 Å². The molecule has 1 unspecified atom stereocenters. The molecule has 0 amide bonds. The first-order valence-corrected chi connectivity index (χ1v) is 7.64. The summed E-state index contributed by atoms with van der Waals surface area (Å²) in [6.07, 6.45) is 3.24. The summed E-state index contributed by atoms with van der Waals surface area (Å²) in [5.74, 6) is 0.135. The van der Waals surface area contributed by atoms with Gasteiger partial charge in [-0.05, 0) is 31.9 Å². The fraction of sp³-hybridized carbons (Fsp3) is 0.467. The Labute approximate surface area is 132 Å². The molecule has 3 rings (SSSR count). The predicted octanol–water partition coefficient (Wildman–Crippen LogP) is 1.61. The Morgan fingerprint density at radius 3 is 3.04 bits per heavy atom. The second-order valence-electron chi connectivity index (χ2n) is 5.44. The maximum atomic E-state index is 12.5. The summed E-state index contributed by atoms with van der Waals surface area (Å²) in [5, 5.41) is 11.4. The van der Waals surface area contributed by atoms with Gasteiger partial charge in [0.15, 0.2) is 0 Å². The fourth-order valence-electron chi connectivity index (χ4n) is 2.95. The summed E-state index contributed by atoms with van der Waals surface area (Å²) < 4.78 is 6.83. The topological polar surface area (TPSA) is 90.0 Å². The Kier molecular flexibility index (Phi) is 4.24. The molecule has 3 heterocycles. The smallest absolute Gasteiger partial charge is 0.376 e. The molecule has 1 aliphatic rings. The summed E-state index contributed by atoms with van der Waals surface area (Å²) in [6, 6.07) is 5.06. The number of piperidine rings is 1. The van der Waals surface area contributed by atoms with Gasteiger partial charge in [-0.2, -0.15) is 0 Å². The molecule has 1 aliphatic heterocycles. The highest BCUT2D eigenvalue weighted by Gasteiger charge is 2.30. The van der Waals surface area contributed by atoms with Crippen LogP contribution in [0.25, 0.3) is 5.65 Å². The van der Waals surface area contributed by atoms with Gasteiger partial charge in [-0.1, -0.05) is 6.07 Å². The van der Waals surface area contributed by atoms with Crippen molar-refractivity contribution in [3.63, 3.8) is 0 Å². The Morgan fingerprint density at radius 1 is 1.48 bits per heavy atom. The van der Waals surface area contributed by atoms with Crippen LogP contribution in [0.4, 0.5) is 11.5 Å². The molecule has 23 heavy (non-hydrogen) atoms. The summed E-state index contributed by atoms with van der Waals surface area (Å²) in [6.45, 7) is 3.64. The van der Waals surface area contributed by atoms with Crippen LogP contribution in [0.15, 0.2) is 29.2 Å². The number of aromatic nitrogens is 2. The number of nitro groups is 1. The van der Waals surface area contributed by atoms with E-state index in [4.69, 9.17) is 4.74 Å². The van der Waals surface area contributed by atoms with Crippen molar-refractivity contribution in [2.75, 3.05) is 24.6 Å². The van der Waals surface area contributed by atoms with E-state index in [0.717, 1.165) is 12.8 Å². The molecule has 2 aromatic heterocycles. The first-order chi connectivity index (χ1) is 11.1. The van der Waals surface area contributed by atoms with Crippen molar-refractivity contribution in [1.29, 1.82) is 0 Å². The summed E-state index contributed by atoms with van der Waals surface area (Å²) in [4.78, 5) is 29.4. The first-order valence-electron chi connectivity index (χ1n) is 7.64. The number of hydrogen-bond acceptors (Lipinski definition) is 6. The third-order valence-corrected chi connectivity index (χ3v) is 3.95. The van der Waals surface area contributed by atoms with Crippen LogP contribution in [0, 0.1) is 10.1 Å². The van der Waals surface area contributed by atoms with Crippen LogP contribution >= 0.6 is 0 Å². The van der Waals surface area contributed by atoms with E-state index in [1.54, 1.807) is 23.1 Å². The van der Waals surface area contributed by atoms with Crippen molar-refractivity contribution in [1.82, 2.24) is 9.38 Å². The number of rotatable bonds is 4. The van der Waals surface area contributed by atoms with Crippen molar-refractivity contribution in [3.8, 4) is 0 Å². The SMILES string of the molecule is CCOC1CCCN(c2nc3ccccn3c(=O)c2[N+](=O)[O-])C1. The number of ether oxygens (including phenoxy) is 1. The molecule has 8 nitrogen and oxygen atoms in total. The van der Waals surface area contributed by atoms with E-state index in [1.807, 2.05) is 6.92 Å². The fourth-order valence-corrected chi connectivity index (χ4v) is 2.95. The van der Waals surface area contributed by atoms with E-state index in [9.17, 15) is 14.9 Å². The summed E-state index contributed by atoms with van der Waals surface area (Å²) >= 11 is 0. The third-order valence-electron chi connectivity index (χ3n) is 3.95. The molecular weight excluding hydrogens is 300 g/mol. The highest BCUT2D eigenvalue weighted by Crippen LogP contribution is 2.26. The standard InChI is InChI=1S/C15H18N4O4/c1-2-23-11-6-5-8-17(10-11)14-13(19(21)22)15(20)18-9-4-3-7-12(18)16-14/h3-4,7,9,11H,2,5-6,8,10H2,1H3. The molecule has 8 heteroatoms. The van der Waals surface area contributed by atoms with Gasteiger partial charge in [0.1, 0.15) is 5.65 Å². The lowest BCUT2D eigenvalue weighted by molar-refractivity contribution is -0.385. The predicted molar refractivity (Wildman–Crippen MR) is 85.0 cm³/mol. The van der Waals surface area contributed by atoms with E-state index in [0.29, 0.717) is 25.3 Å². The van der Waals surface area contributed by atoms with Crippen LogP contribution in [0.3, 0.4) is 0 Å². The molecule has 1 saturated heterocycles. The van der Waals surface area contributed by atoms with E-state index in [-0.39, 0.29) is 11.9 Å². The highest BCUT2D eigenvalue weighted by molar-refractivity contribution is 5.61. The van der Waals surface area contributed by atoms with E-state index in [2.05, 4.69) is 4.98 Å². The summed E-state index contributed by atoms with van der Waals surface area (Å²) in [7, 11) is 0. The van der Waals surface area contributed by atoms with Crippen molar-refractivity contribution < 1.29 is 9.66 Å². The molecule has 1 atom stereocenters. The van der Waals surface area contributed by atoms with Crippen LogP contribution in [-0.2, 0) is 4.74 Å². The average Bonchev–Trinajstić information content (AvgIpc) is 2.55. The second-order valence-corrected chi connectivity index (χ2v) is 5.44.